The lowest BCUT2D eigenvalue weighted by Gasteiger charge is -2.15. The summed E-state index contributed by atoms with van der Waals surface area (Å²) in [5, 5.41) is 5.96. The van der Waals surface area contributed by atoms with Crippen LogP contribution in [-0.2, 0) is 4.79 Å². The van der Waals surface area contributed by atoms with Gasteiger partial charge in [0.1, 0.15) is 0 Å². The molecular formula is C21H18ClNO. The third-order valence-corrected chi connectivity index (χ3v) is 4.31. The first-order chi connectivity index (χ1) is 11.6. The van der Waals surface area contributed by atoms with Crippen molar-refractivity contribution >= 4 is 34.4 Å². The quantitative estimate of drug-likeness (QED) is 0.637. The predicted molar refractivity (Wildman–Crippen MR) is 101 cm³/mol. The van der Waals surface area contributed by atoms with Crippen molar-refractivity contribution < 1.29 is 4.79 Å². The van der Waals surface area contributed by atoms with Gasteiger partial charge in [0.2, 0.25) is 5.91 Å². The molecule has 0 radical (unpaired) electrons. The van der Waals surface area contributed by atoms with Gasteiger partial charge >= 0.3 is 0 Å². The van der Waals surface area contributed by atoms with Crippen molar-refractivity contribution in [2.75, 3.05) is 0 Å². The zero-order chi connectivity index (χ0) is 16.9. The van der Waals surface area contributed by atoms with Crippen molar-refractivity contribution in [3.63, 3.8) is 0 Å². The smallest absolute Gasteiger partial charge is 0.244 e. The fourth-order valence-corrected chi connectivity index (χ4v) is 2.94. The van der Waals surface area contributed by atoms with Crippen molar-refractivity contribution in [3.8, 4) is 0 Å². The van der Waals surface area contributed by atoms with Crippen LogP contribution in [0.3, 0.4) is 0 Å². The second kappa shape index (κ2) is 7.33. The Hall–Kier alpha value is -2.58. The molecule has 0 unspecified atom stereocenters. The van der Waals surface area contributed by atoms with Crippen molar-refractivity contribution in [2.24, 2.45) is 0 Å². The molecule has 0 heterocycles. The van der Waals surface area contributed by atoms with E-state index in [0.717, 1.165) is 16.5 Å². The van der Waals surface area contributed by atoms with E-state index in [0.29, 0.717) is 5.02 Å². The molecule has 0 aliphatic rings. The molecule has 3 rings (SSSR count). The first-order valence-corrected chi connectivity index (χ1v) is 8.24. The van der Waals surface area contributed by atoms with Crippen LogP contribution in [0, 0.1) is 0 Å². The molecule has 1 atom stereocenters. The maximum atomic E-state index is 12.2. The van der Waals surface area contributed by atoms with Crippen LogP contribution in [0.4, 0.5) is 0 Å². The minimum atomic E-state index is -0.143. The summed E-state index contributed by atoms with van der Waals surface area (Å²) < 4.78 is 0. The van der Waals surface area contributed by atoms with E-state index < -0.39 is 0 Å². The van der Waals surface area contributed by atoms with Crippen LogP contribution in [0.1, 0.15) is 24.1 Å². The summed E-state index contributed by atoms with van der Waals surface area (Å²) in [6.45, 7) is 1.99. The molecule has 0 aromatic heterocycles. The number of hydrogen-bond acceptors (Lipinski definition) is 1. The molecule has 24 heavy (non-hydrogen) atoms. The van der Waals surface area contributed by atoms with Crippen LogP contribution >= 0.6 is 11.6 Å². The molecule has 120 valence electrons. The summed E-state index contributed by atoms with van der Waals surface area (Å²) in [6, 6.07) is 21.7. The van der Waals surface area contributed by atoms with E-state index in [4.69, 9.17) is 11.6 Å². The summed E-state index contributed by atoms with van der Waals surface area (Å²) in [4.78, 5) is 12.2. The molecule has 0 saturated carbocycles. The van der Waals surface area contributed by atoms with E-state index in [1.165, 1.54) is 11.5 Å². The molecule has 0 spiro atoms. The molecule has 0 bridgehead atoms. The lowest BCUT2D eigenvalue weighted by atomic mass is 10.00. The molecule has 0 saturated heterocycles. The Kier molecular flexibility index (Phi) is 4.97. The van der Waals surface area contributed by atoms with E-state index in [1.807, 2.05) is 49.4 Å². The molecule has 3 aromatic carbocycles. The first-order valence-electron chi connectivity index (χ1n) is 7.86. The minimum Gasteiger partial charge on any atom is -0.346 e. The Morgan fingerprint density at radius 2 is 1.71 bits per heavy atom. The minimum absolute atomic E-state index is 0.0838. The second-order valence-corrected chi connectivity index (χ2v) is 6.06. The standard InChI is InChI=1S/C21H18ClNO/c1-15(18-11-6-9-16-7-2-4-10-19(16)18)23-21(24)14-13-17-8-3-5-12-20(17)22/h2-15H,1H3,(H,23,24)/b14-13+/t15-/m0/s1. The highest BCUT2D eigenvalue weighted by atomic mass is 35.5. The lowest BCUT2D eigenvalue weighted by molar-refractivity contribution is -0.117. The zero-order valence-corrected chi connectivity index (χ0v) is 14.1. The second-order valence-electron chi connectivity index (χ2n) is 5.65. The number of hydrogen-bond donors (Lipinski definition) is 1. The Morgan fingerprint density at radius 1 is 1.00 bits per heavy atom. The van der Waals surface area contributed by atoms with Crippen molar-refractivity contribution in [1.29, 1.82) is 0 Å². The van der Waals surface area contributed by atoms with Gasteiger partial charge < -0.3 is 5.32 Å². The molecule has 1 N–H and O–H groups in total. The van der Waals surface area contributed by atoms with Gasteiger partial charge in [0.25, 0.3) is 0 Å². The monoisotopic (exact) mass is 335 g/mol. The van der Waals surface area contributed by atoms with E-state index in [-0.39, 0.29) is 11.9 Å². The molecular weight excluding hydrogens is 318 g/mol. The van der Waals surface area contributed by atoms with E-state index >= 15 is 0 Å². The Balaban J connectivity index is 1.75. The largest absolute Gasteiger partial charge is 0.346 e. The maximum absolute atomic E-state index is 12.2. The molecule has 3 heteroatoms. The van der Waals surface area contributed by atoms with Crippen LogP contribution in [0.5, 0.6) is 0 Å². The Morgan fingerprint density at radius 3 is 2.54 bits per heavy atom. The number of carbonyl (C=O) groups excluding carboxylic acids is 1. The third kappa shape index (κ3) is 3.66. The van der Waals surface area contributed by atoms with E-state index in [9.17, 15) is 4.79 Å². The van der Waals surface area contributed by atoms with Crippen molar-refractivity contribution in [3.05, 3.63) is 89.0 Å². The van der Waals surface area contributed by atoms with E-state index in [2.05, 4.69) is 23.5 Å². The number of nitrogens with one attached hydrogen (secondary N) is 1. The SMILES string of the molecule is C[C@H](NC(=O)/C=C/c1ccccc1Cl)c1cccc2ccccc12. The highest BCUT2D eigenvalue weighted by Gasteiger charge is 2.10. The average molecular weight is 336 g/mol. The van der Waals surface area contributed by atoms with Gasteiger partial charge in [-0.25, -0.2) is 0 Å². The number of halogens is 1. The average Bonchev–Trinajstić information content (AvgIpc) is 2.60. The normalized spacial score (nSPS) is 12.4. The first kappa shape index (κ1) is 16.3. The molecule has 0 aliphatic carbocycles. The van der Waals surface area contributed by atoms with Crippen LogP contribution < -0.4 is 5.32 Å². The molecule has 2 nitrogen and oxygen atoms in total. The van der Waals surface area contributed by atoms with Crippen LogP contribution in [-0.4, -0.2) is 5.91 Å². The van der Waals surface area contributed by atoms with Gasteiger partial charge in [-0.1, -0.05) is 72.3 Å². The number of carbonyl (C=O) groups is 1. The molecule has 3 aromatic rings. The van der Waals surface area contributed by atoms with Gasteiger partial charge in [0.15, 0.2) is 0 Å². The zero-order valence-electron chi connectivity index (χ0n) is 13.4. The van der Waals surface area contributed by atoms with Gasteiger partial charge in [-0.3, -0.25) is 4.79 Å². The molecule has 0 fully saturated rings. The summed E-state index contributed by atoms with van der Waals surface area (Å²) in [7, 11) is 0. The van der Waals surface area contributed by atoms with Crippen LogP contribution in [0.15, 0.2) is 72.8 Å². The fourth-order valence-electron chi connectivity index (χ4n) is 2.74. The summed E-state index contributed by atoms with van der Waals surface area (Å²) in [5.74, 6) is -0.143. The van der Waals surface area contributed by atoms with Crippen LogP contribution in [0.25, 0.3) is 16.8 Å². The van der Waals surface area contributed by atoms with Crippen molar-refractivity contribution in [2.45, 2.75) is 13.0 Å². The number of benzene rings is 3. The topological polar surface area (TPSA) is 29.1 Å². The highest BCUT2D eigenvalue weighted by molar-refractivity contribution is 6.32. The summed E-state index contributed by atoms with van der Waals surface area (Å²) in [5.41, 5.74) is 1.93. The maximum Gasteiger partial charge on any atom is 0.244 e. The highest BCUT2D eigenvalue weighted by Crippen LogP contribution is 2.24. The number of amides is 1. The van der Waals surface area contributed by atoms with Gasteiger partial charge in [0.05, 0.1) is 6.04 Å². The Bertz CT molecular complexity index is 896. The summed E-state index contributed by atoms with van der Waals surface area (Å²) in [6.07, 6.45) is 3.25. The fraction of sp³-hybridized carbons (Fsp3) is 0.0952. The van der Waals surface area contributed by atoms with Gasteiger partial charge in [-0.05, 0) is 41.0 Å². The van der Waals surface area contributed by atoms with Gasteiger partial charge in [-0.15, -0.1) is 0 Å². The number of fused-ring (bicyclic) bond motifs is 1. The Labute approximate surface area is 146 Å². The van der Waals surface area contributed by atoms with Crippen LogP contribution in [0.2, 0.25) is 5.02 Å². The van der Waals surface area contributed by atoms with E-state index in [1.54, 1.807) is 12.1 Å². The van der Waals surface area contributed by atoms with Gasteiger partial charge in [0, 0.05) is 11.1 Å². The van der Waals surface area contributed by atoms with Crippen molar-refractivity contribution in [1.82, 2.24) is 5.32 Å². The summed E-state index contributed by atoms with van der Waals surface area (Å²) >= 11 is 6.09. The third-order valence-electron chi connectivity index (χ3n) is 3.97. The number of rotatable bonds is 4. The van der Waals surface area contributed by atoms with Gasteiger partial charge in [-0.2, -0.15) is 0 Å². The molecule has 1 amide bonds. The molecule has 0 aliphatic heterocycles. The predicted octanol–water partition coefficient (Wildman–Crippen LogP) is 5.38. The lowest BCUT2D eigenvalue weighted by Crippen LogP contribution is -2.24.